The van der Waals surface area contributed by atoms with E-state index in [0.717, 1.165) is 76.7 Å². The van der Waals surface area contributed by atoms with Crippen molar-refractivity contribution in [2.75, 3.05) is 47.4 Å². The lowest BCUT2D eigenvalue weighted by atomic mass is 9.81. The molecule has 1 fully saturated rings. The number of likely N-dealkylation sites (N-methyl/N-ethyl adjacent to an activating group) is 3. The van der Waals surface area contributed by atoms with E-state index in [1.165, 1.54) is 19.0 Å². The van der Waals surface area contributed by atoms with E-state index in [1.54, 1.807) is 18.3 Å². The maximum absolute atomic E-state index is 13.4. The van der Waals surface area contributed by atoms with Crippen LogP contribution in [0.4, 0.5) is 0 Å². The zero-order valence-electron chi connectivity index (χ0n) is 28.9. The normalized spacial score (nSPS) is 16.7. The van der Waals surface area contributed by atoms with E-state index < -0.39 is 16.1 Å². The van der Waals surface area contributed by atoms with Gasteiger partial charge >= 0.3 is 10.2 Å². The average molecular weight is 703 g/mol. The summed E-state index contributed by atoms with van der Waals surface area (Å²) in [7, 11) is 1.06. The molecule has 1 amide bonds. The third kappa shape index (κ3) is 7.70. The molecule has 6 rings (SSSR count). The van der Waals surface area contributed by atoms with Crippen LogP contribution < -0.4 is 19.5 Å². The van der Waals surface area contributed by atoms with Crippen LogP contribution in [0.2, 0.25) is 0 Å². The lowest BCUT2D eigenvalue weighted by molar-refractivity contribution is -0.107. The van der Waals surface area contributed by atoms with Crippen LogP contribution in [0.3, 0.4) is 0 Å². The fourth-order valence-corrected chi connectivity index (χ4v) is 7.76. The minimum Gasteiger partial charge on any atom is -0.491 e. The van der Waals surface area contributed by atoms with Crippen molar-refractivity contribution in [1.29, 1.82) is 0 Å². The molecular formula is C37H46N6O6S. The number of amides is 1. The Morgan fingerprint density at radius 3 is 2.66 bits per heavy atom. The maximum Gasteiger partial charge on any atom is 0.304 e. The number of benzene rings is 2. The molecule has 2 N–H and O–H groups in total. The average Bonchev–Trinajstić information content (AvgIpc) is 3.43. The smallest absolute Gasteiger partial charge is 0.304 e. The van der Waals surface area contributed by atoms with Crippen LogP contribution in [0, 0.1) is 0 Å². The fourth-order valence-electron chi connectivity index (χ4n) is 6.99. The van der Waals surface area contributed by atoms with Gasteiger partial charge in [0.2, 0.25) is 0 Å². The predicted octanol–water partition coefficient (Wildman–Crippen LogP) is 4.35. The molecule has 2 aromatic carbocycles. The van der Waals surface area contributed by atoms with Gasteiger partial charge in [-0.25, -0.2) is 4.72 Å². The molecule has 3 heterocycles. The first-order valence-electron chi connectivity index (χ1n) is 17.2. The summed E-state index contributed by atoms with van der Waals surface area (Å²) in [6.07, 6.45) is 7.83. The predicted molar refractivity (Wildman–Crippen MR) is 193 cm³/mol. The lowest BCUT2D eigenvalue weighted by Crippen LogP contribution is -2.43. The highest BCUT2D eigenvalue weighted by Gasteiger charge is 2.32. The van der Waals surface area contributed by atoms with Crippen LogP contribution >= 0.6 is 0 Å². The molecule has 266 valence electrons. The van der Waals surface area contributed by atoms with Gasteiger partial charge in [0, 0.05) is 61.0 Å². The molecule has 0 saturated heterocycles. The molecule has 2 aliphatic rings. The number of nitrogens with one attached hydrogen (secondary N) is 2. The monoisotopic (exact) mass is 702 g/mol. The molecule has 1 aliphatic heterocycles. The first kappa shape index (κ1) is 35.5. The number of nitrogens with zero attached hydrogens (tertiary/aromatic N) is 4. The van der Waals surface area contributed by atoms with Crippen molar-refractivity contribution >= 4 is 33.3 Å². The van der Waals surface area contributed by atoms with Crippen molar-refractivity contribution in [2.45, 2.75) is 57.2 Å². The number of aromatic nitrogens is 2. The fraction of sp³-hybridized carbons (Fsp3) is 0.432. The highest BCUT2D eigenvalue weighted by atomic mass is 32.2. The molecule has 1 aliphatic carbocycles. The summed E-state index contributed by atoms with van der Waals surface area (Å²) >= 11 is 0. The summed E-state index contributed by atoms with van der Waals surface area (Å²) in [6, 6.07) is 17.2. The van der Waals surface area contributed by atoms with Crippen molar-refractivity contribution in [3.05, 3.63) is 77.6 Å². The van der Waals surface area contributed by atoms with Gasteiger partial charge in [-0.05, 0) is 74.8 Å². The second-order valence-electron chi connectivity index (χ2n) is 13.1. The van der Waals surface area contributed by atoms with Crippen molar-refractivity contribution in [2.24, 2.45) is 0 Å². The summed E-state index contributed by atoms with van der Waals surface area (Å²) < 4.78 is 43.6. The van der Waals surface area contributed by atoms with Gasteiger partial charge < -0.3 is 24.2 Å². The molecule has 12 nitrogen and oxygen atoms in total. The molecule has 50 heavy (non-hydrogen) atoms. The summed E-state index contributed by atoms with van der Waals surface area (Å²) in [5.74, 6) is 0.953. The first-order chi connectivity index (χ1) is 24.2. The Kier molecular flexibility index (Phi) is 11.2. The number of carbonyl (C=O) groups excluding carboxylic acids is 2. The van der Waals surface area contributed by atoms with Crippen LogP contribution in [0.1, 0.15) is 59.6 Å². The largest absolute Gasteiger partial charge is 0.491 e. The second-order valence-corrected chi connectivity index (χ2v) is 14.9. The van der Waals surface area contributed by atoms with Crippen LogP contribution in [0.25, 0.3) is 22.2 Å². The van der Waals surface area contributed by atoms with Crippen molar-refractivity contribution in [3.8, 4) is 22.8 Å². The highest BCUT2D eigenvalue weighted by molar-refractivity contribution is 7.87. The van der Waals surface area contributed by atoms with Gasteiger partial charge in [-0.3, -0.25) is 14.7 Å². The number of aldehydes is 1. The van der Waals surface area contributed by atoms with Crippen molar-refractivity contribution < 1.29 is 27.5 Å². The van der Waals surface area contributed by atoms with Gasteiger partial charge in [-0.2, -0.15) is 12.7 Å². The van der Waals surface area contributed by atoms with E-state index in [0.29, 0.717) is 37.7 Å². The third-order valence-electron chi connectivity index (χ3n) is 9.83. The number of hydrogen-bond acceptors (Lipinski definition) is 9. The topological polar surface area (TPSA) is 135 Å². The van der Waals surface area contributed by atoms with E-state index in [-0.39, 0.29) is 18.2 Å². The van der Waals surface area contributed by atoms with E-state index in [2.05, 4.69) is 37.6 Å². The molecule has 1 saturated carbocycles. The van der Waals surface area contributed by atoms with Gasteiger partial charge in [-0.15, -0.1) is 0 Å². The summed E-state index contributed by atoms with van der Waals surface area (Å²) in [5, 5.41) is 4.28. The Morgan fingerprint density at radius 1 is 1.10 bits per heavy atom. The van der Waals surface area contributed by atoms with Crippen LogP contribution in [-0.4, -0.2) is 92.8 Å². The number of pyridine rings is 1. The Bertz CT molecular complexity index is 1930. The Labute approximate surface area is 293 Å². The van der Waals surface area contributed by atoms with Gasteiger partial charge in [0.15, 0.2) is 0 Å². The number of rotatable bonds is 13. The molecule has 0 bridgehead atoms. The third-order valence-corrected chi connectivity index (χ3v) is 11.2. The van der Waals surface area contributed by atoms with Crippen molar-refractivity contribution in [3.63, 3.8) is 0 Å². The van der Waals surface area contributed by atoms with E-state index in [9.17, 15) is 18.0 Å². The number of fused-ring (bicyclic) bond motifs is 5. The molecule has 4 aromatic rings. The van der Waals surface area contributed by atoms with Gasteiger partial charge in [0.05, 0.1) is 24.0 Å². The quantitative estimate of drug-likeness (QED) is 0.195. The van der Waals surface area contributed by atoms with Gasteiger partial charge in [0.25, 0.3) is 5.91 Å². The Morgan fingerprint density at radius 2 is 1.92 bits per heavy atom. The Balaban J connectivity index is 1.48. The number of ether oxygens (including phenoxy) is 2. The molecular weight excluding hydrogens is 657 g/mol. The standard InChI is InChI=1S/C37H46N6O6S/c1-38-17-18-41(2)29-23-43-33-21-27(37(45)40-50(46,47)42(3)19-20-44)12-14-31(33)35(26-9-5-4-6-10-26)36(43)32-15-13-30(22-34(32)49-25-29)48-24-28-11-7-8-16-39-28/h7-8,11-16,20-22,26,29,38H,4-6,9-10,17-19,23-25H2,1-3H3,(H,40,45)/t29-/m1/s1. The van der Waals surface area contributed by atoms with Crippen LogP contribution in [-0.2, 0) is 28.2 Å². The first-order valence-corrected chi connectivity index (χ1v) is 18.7. The Hall–Kier alpha value is -4.30. The van der Waals surface area contributed by atoms with E-state index in [1.807, 2.05) is 43.4 Å². The summed E-state index contributed by atoms with van der Waals surface area (Å²) in [5.41, 5.74) is 5.15. The van der Waals surface area contributed by atoms with Crippen LogP contribution in [0.5, 0.6) is 11.5 Å². The zero-order valence-corrected chi connectivity index (χ0v) is 29.7. The molecule has 1 atom stereocenters. The van der Waals surface area contributed by atoms with Crippen LogP contribution in [0.15, 0.2) is 60.8 Å². The van der Waals surface area contributed by atoms with Gasteiger partial charge in [-0.1, -0.05) is 31.4 Å². The minimum atomic E-state index is -4.21. The highest BCUT2D eigenvalue weighted by Crippen LogP contribution is 2.48. The minimum absolute atomic E-state index is 0.0157. The molecule has 2 aromatic heterocycles. The number of hydrogen-bond donors (Lipinski definition) is 2. The van der Waals surface area contributed by atoms with E-state index >= 15 is 0 Å². The zero-order chi connectivity index (χ0) is 35.3. The molecule has 0 radical (unpaired) electrons. The maximum atomic E-state index is 13.4. The lowest BCUT2D eigenvalue weighted by Gasteiger charge is -2.32. The van der Waals surface area contributed by atoms with Gasteiger partial charge in [0.1, 0.15) is 31.0 Å². The number of carbonyl (C=O) groups is 2. The summed E-state index contributed by atoms with van der Waals surface area (Å²) in [4.78, 5) is 31.1. The molecule has 0 unspecified atom stereocenters. The second kappa shape index (κ2) is 15.7. The van der Waals surface area contributed by atoms with Crippen molar-refractivity contribution in [1.82, 2.24) is 28.8 Å². The molecule has 0 spiro atoms. The van der Waals surface area contributed by atoms with E-state index in [4.69, 9.17) is 9.47 Å². The summed E-state index contributed by atoms with van der Waals surface area (Å²) in [6.45, 7) is 2.60. The molecule has 13 heteroatoms. The SMILES string of the molecule is CNCCN(C)[C@H]1COc2cc(OCc3ccccn3)ccc2-c2c(C3CCCCC3)c3ccc(C(=O)NS(=O)(=O)N(C)CC=O)cc3n2C1.